The minimum Gasteiger partial charge on any atom is -0.490 e. The van der Waals surface area contributed by atoms with Crippen LogP contribution in [-0.2, 0) is 4.79 Å². The zero-order chi connectivity index (χ0) is 17.6. The van der Waals surface area contributed by atoms with E-state index in [2.05, 4.69) is 29.4 Å². The fourth-order valence-corrected chi connectivity index (χ4v) is 3.30. The molecule has 1 amide bonds. The van der Waals surface area contributed by atoms with Gasteiger partial charge in [-0.15, -0.1) is 24.8 Å². The largest absolute Gasteiger partial charge is 0.490 e. The van der Waals surface area contributed by atoms with Crippen molar-refractivity contribution in [3.05, 3.63) is 23.8 Å². The Morgan fingerprint density at radius 2 is 1.81 bits per heavy atom. The Labute approximate surface area is 174 Å². The molecule has 1 atom stereocenters. The molecule has 0 bridgehead atoms. The summed E-state index contributed by atoms with van der Waals surface area (Å²) >= 11 is 0. The number of piperazine rings is 1. The van der Waals surface area contributed by atoms with Crippen LogP contribution in [0.4, 0.5) is 0 Å². The SMILES string of the molecule is CC(C)C(NC(=O)CN1CCNCC1)c1ccc2c(c1)OCCCO2.Cl.Cl. The molecule has 0 saturated carbocycles. The topological polar surface area (TPSA) is 62.8 Å². The number of nitrogens with zero attached hydrogens (tertiary/aromatic N) is 1. The predicted molar refractivity (Wildman–Crippen MR) is 112 cm³/mol. The van der Waals surface area contributed by atoms with Crippen molar-refractivity contribution in [1.82, 2.24) is 15.5 Å². The number of ether oxygens (including phenoxy) is 2. The van der Waals surface area contributed by atoms with E-state index < -0.39 is 0 Å². The van der Waals surface area contributed by atoms with Crippen molar-refractivity contribution < 1.29 is 14.3 Å². The minimum atomic E-state index is -0.0347. The maximum Gasteiger partial charge on any atom is 0.234 e. The van der Waals surface area contributed by atoms with Crippen LogP contribution in [0.25, 0.3) is 0 Å². The second-order valence-electron chi connectivity index (χ2n) is 7.07. The van der Waals surface area contributed by atoms with Gasteiger partial charge in [0.15, 0.2) is 11.5 Å². The van der Waals surface area contributed by atoms with Crippen LogP contribution in [0.1, 0.15) is 31.9 Å². The number of nitrogens with one attached hydrogen (secondary N) is 2. The van der Waals surface area contributed by atoms with Crippen LogP contribution in [0.3, 0.4) is 0 Å². The molecule has 1 aromatic rings. The van der Waals surface area contributed by atoms with Crippen LogP contribution in [0, 0.1) is 5.92 Å². The highest BCUT2D eigenvalue weighted by molar-refractivity contribution is 5.85. The van der Waals surface area contributed by atoms with E-state index in [1.54, 1.807) is 0 Å². The summed E-state index contributed by atoms with van der Waals surface area (Å²) in [5, 5.41) is 6.51. The Hall–Kier alpha value is -1.21. The Bertz CT molecular complexity index is 596. The monoisotopic (exact) mass is 419 g/mol. The molecule has 0 aliphatic carbocycles. The summed E-state index contributed by atoms with van der Waals surface area (Å²) < 4.78 is 11.5. The zero-order valence-corrected chi connectivity index (χ0v) is 17.7. The maximum absolute atomic E-state index is 12.5. The van der Waals surface area contributed by atoms with Gasteiger partial charge in [0.1, 0.15) is 0 Å². The molecule has 0 spiro atoms. The molecule has 1 unspecified atom stereocenters. The van der Waals surface area contributed by atoms with Crippen molar-refractivity contribution in [1.29, 1.82) is 0 Å². The Kier molecular flexibility index (Phi) is 10.2. The van der Waals surface area contributed by atoms with Crippen LogP contribution in [0.5, 0.6) is 11.5 Å². The summed E-state index contributed by atoms with van der Waals surface area (Å²) in [5.74, 6) is 1.93. The summed E-state index contributed by atoms with van der Waals surface area (Å²) in [7, 11) is 0. The Morgan fingerprint density at radius 3 is 2.48 bits per heavy atom. The van der Waals surface area contributed by atoms with E-state index in [0.717, 1.165) is 49.7 Å². The second kappa shape index (κ2) is 11.6. The van der Waals surface area contributed by atoms with E-state index in [1.165, 1.54) is 0 Å². The Morgan fingerprint density at radius 1 is 1.15 bits per heavy atom. The first-order valence-corrected chi connectivity index (χ1v) is 9.25. The highest BCUT2D eigenvalue weighted by Gasteiger charge is 2.22. The third kappa shape index (κ3) is 6.71. The summed E-state index contributed by atoms with van der Waals surface area (Å²) in [6, 6.07) is 5.96. The lowest BCUT2D eigenvalue weighted by Crippen LogP contribution is -2.48. The van der Waals surface area contributed by atoms with Gasteiger partial charge in [-0.3, -0.25) is 9.69 Å². The number of hydrogen-bond donors (Lipinski definition) is 2. The molecule has 0 radical (unpaired) electrons. The van der Waals surface area contributed by atoms with Gasteiger partial charge < -0.3 is 20.1 Å². The molecule has 2 aliphatic rings. The van der Waals surface area contributed by atoms with Crippen molar-refractivity contribution in [3.63, 3.8) is 0 Å². The van der Waals surface area contributed by atoms with E-state index in [1.807, 2.05) is 18.2 Å². The fraction of sp³-hybridized carbons (Fsp3) is 0.632. The van der Waals surface area contributed by atoms with Gasteiger partial charge in [0.05, 0.1) is 25.8 Å². The van der Waals surface area contributed by atoms with Crippen LogP contribution < -0.4 is 20.1 Å². The summed E-state index contributed by atoms with van der Waals surface area (Å²) in [4.78, 5) is 14.7. The van der Waals surface area contributed by atoms with E-state index >= 15 is 0 Å². The number of hydrogen-bond acceptors (Lipinski definition) is 5. The van der Waals surface area contributed by atoms with Gasteiger partial charge in [-0.2, -0.15) is 0 Å². The number of rotatable bonds is 5. The van der Waals surface area contributed by atoms with Crippen LogP contribution in [-0.4, -0.2) is 56.7 Å². The highest BCUT2D eigenvalue weighted by Crippen LogP contribution is 2.34. The molecule has 1 aromatic carbocycles. The molecular weight excluding hydrogens is 389 g/mol. The minimum absolute atomic E-state index is 0. The number of amides is 1. The molecule has 1 saturated heterocycles. The summed E-state index contributed by atoms with van der Waals surface area (Å²) in [6.45, 7) is 9.78. The highest BCUT2D eigenvalue weighted by atomic mass is 35.5. The normalized spacial score (nSPS) is 17.9. The fourth-order valence-electron chi connectivity index (χ4n) is 3.30. The number of carbonyl (C=O) groups excluding carboxylic acids is 1. The van der Waals surface area contributed by atoms with Gasteiger partial charge in [0.2, 0.25) is 5.91 Å². The molecule has 6 nitrogen and oxygen atoms in total. The van der Waals surface area contributed by atoms with Crippen molar-refractivity contribution in [2.45, 2.75) is 26.3 Å². The first kappa shape index (κ1) is 23.8. The first-order chi connectivity index (χ1) is 12.1. The third-order valence-electron chi connectivity index (χ3n) is 4.69. The molecule has 2 N–H and O–H groups in total. The number of benzene rings is 1. The number of fused-ring (bicyclic) bond motifs is 1. The van der Waals surface area contributed by atoms with Gasteiger partial charge >= 0.3 is 0 Å². The average molecular weight is 420 g/mol. The molecule has 1 fully saturated rings. The van der Waals surface area contributed by atoms with E-state index in [-0.39, 0.29) is 42.7 Å². The van der Waals surface area contributed by atoms with Crippen molar-refractivity contribution in [2.75, 3.05) is 45.9 Å². The van der Waals surface area contributed by atoms with Gasteiger partial charge in [0, 0.05) is 32.6 Å². The van der Waals surface area contributed by atoms with E-state index in [9.17, 15) is 4.79 Å². The lowest BCUT2D eigenvalue weighted by Gasteiger charge is -2.29. The Balaban J connectivity index is 0.00000182. The lowest BCUT2D eigenvalue weighted by atomic mass is 9.95. The van der Waals surface area contributed by atoms with Crippen molar-refractivity contribution in [3.8, 4) is 11.5 Å². The molecular formula is C19H31Cl2N3O3. The van der Waals surface area contributed by atoms with Crippen molar-refractivity contribution in [2.24, 2.45) is 5.92 Å². The summed E-state index contributed by atoms with van der Waals surface area (Å²) in [6.07, 6.45) is 0.888. The third-order valence-corrected chi connectivity index (χ3v) is 4.69. The first-order valence-electron chi connectivity index (χ1n) is 9.25. The summed E-state index contributed by atoms with van der Waals surface area (Å²) in [5.41, 5.74) is 1.06. The van der Waals surface area contributed by atoms with Gasteiger partial charge in [-0.05, 0) is 23.6 Å². The van der Waals surface area contributed by atoms with E-state index in [0.29, 0.717) is 19.8 Å². The van der Waals surface area contributed by atoms with E-state index in [4.69, 9.17) is 9.47 Å². The van der Waals surface area contributed by atoms with Crippen molar-refractivity contribution >= 4 is 30.7 Å². The molecule has 8 heteroatoms. The number of carbonyl (C=O) groups is 1. The molecule has 3 rings (SSSR count). The molecule has 0 aromatic heterocycles. The zero-order valence-electron chi connectivity index (χ0n) is 16.0. The van der Waals surface area contributed by atoms with Gasteiger partial charge in [-0.1, -0.05) is 19.9 Å². The standard InChI is InChI=1S/C19H29N3O3.2ClH/c1-14(2)19(21-18(23)13-22-8-6-20-7-9-22)15-4-5-16-17(12-15)25-11-3-10-24-16;;/h4-5,12,14,19-20H,3,6-11,13H2,1-2H3,(H,21,23);2*1H. The van der Waals surface area contributed by atoms with Crippen LogP contribution in [0.15, 0.2) is 18.2 Å². The molecule has 2 aliphatic heterocycles. The smallest absolute Gasteiger partial charge is 0.234 e. The maximum atomic E-state index is 12.5. The molecule has 27 heavy (non-hydrogen) atoms. The average Bonchev–Trinajstić information content (AvgIpc) is 2.85. The van der Waals surface area contributed by atoms with Crippen LogP contribution in [0.2, 0.25) is 0 Å². The quantitative estimate of drug-likeness (QED) is 0.766. The van der Waals surface area contributed by atoms with Gasteiger partial charge in [-0.25, -0.2) is 0 Å². The lowest BCUT2D eigenvalue weighted by molar-refractivity contribution is -0.123. The van der Waals surface area contributed by atoms with Crippen LogP contribution >= 0.6 is 24.8 Å². The number of halogens is 2. The predicted octanol–water partition coefficient (Wildman–Crippen LogP) is 2.41. The molecule has 2 heterocycles. The van der Waals surface area contributed by atoms with Gasteiger partial charge in [0.25, 0.3) is 0 Å². The molecule has 154 valence electrons. The second-order valence-corrected chi connectivity index (χ2v) is 7.07.